The predicted octanol–water partition coefficient (Wildman–Crippen LogP) is 29.8. The van der Waals surface area contributed by atoms with E-state index in [1.54, 1.807) is 11.3 Å². The highest BCUT2D eigenvalue weighted by Gasteiger charge is 2.59. The van der Waals surface area contributed by atoms with Crippen LogP contribution in [0.2, 0.25) is 0 Å². The molecule has 2 nitrogen and oxygen atoms in total. The molecular weight excluding hydrogens is 1490 g/mol. The first-order valence-electron chi connectivity index (χ1n) is 39.7. The smallest absolute Gasteiger partial charge is 0.145 e. The third-order valence-electron chi connectivity index (χ3n) is 24.0. The van der Waals surface area contributed by atoms with Gasteiger partial charge in [0.2, 0.25) is 0 Å². The Hall–Kier alpha value is -13.3. The minimum atomic E-state index is -0.667. The summed E-state index contributed by atoms with van der Waals surface area (Å²) in [5.41, 5.74) is 31.6. The van der Waals surface area contributed by atoms with Crippen LogP contribution in [0, 0.1) is 0 Å². The topological polar surface area (TPSA) is 17.8 Å². The second kappa shape index (κ2) is 29.8. The number of fused-ring (bicyclic) bond motifs is 19. The number of benzene rings is 16. The van der Waals surface area contributed by atoms with Crippen molar-refractivity contribution in [3.05, 3.63) is 490 Å². The molecule has 18 aromatic rings. The number of allylic oxidation sites excluding steroid dienone is 7. The largest absolute Gasteiger partial charge is 0.292 e. The molecule has 21 rings (SSSR count). The lowest BCUT2D eigenvalue weighted by Gasteiger charge is -2.49. The summed E-state index contributed by atoms with van der Waals surface area (Å²) in [7, 11) is 0. The maximum atomic E-state index is 5.27. The van der Waals surface area contributed by atoms with E-state index in [0.717, 1.165) is 126 Å². The molecule has 16 aromatic carbocycles. The molecule has 0 bridgehead atoms. The summed E-state index contributed by atoms with van der Waals surface area (Å²) in [6, 6.07) is 139. The summed E-state index contributed by atoms with van der Waals surface area (Å²) in [5.74, 6) is 0.891. The van der Waals surface area contributed by atoms with Crippen LogP contribution < -0.4 is 0 Å². The highest BCUT2D eigenvalue weighted by molar-refractivity contribution is 7.90. The highest BCUT2D eigenvalue weighted by atomic mass is 32.1. The second-order valence-electron chi connectivity index (χ2n) is 30.3. The van der Waals surface area contributed by atoms with Crippen molar-refractivity contribution >= 4 is 104 Å². The van der Waals surface area contributed by atoms with Crippen molar-refractivity contribution in [2.75, 3.05) is 0 Å². The van der Waals surface area contributed by atoms with E-state index in [0.29, 0.717) is 0 Å². The Kier molecular flexibility index (Phi) is 18.2. The third kappa shape index (κ3) is 12.2. The standard InChI is InChI=1S/C111H74N2S4/c114-84(32-22-27-72-25-4-1-5-26-72)33-23-47-104(115)74-51-55-78(56-52-74)108-90-65-61-80(73-49-59-79(60-50-73)109-112-102-45-20-21-46-103(102)113(109)83-30-8-3-9-31-83)69-92(90)107(77-57-53-75(54-58-77)105(116)48-24-34-85-64-68-106(117-85)76-28-6-2-7-29-76)91-66-62-81(70-93(91)108)82-63-67-100-101(71-82)111(96-41-16-12-37-88(96)89-38-13-17-42-97(89)111)99-44-19-18-43-98(99)110(100)94-39-14-10-35-86(94)87-36-11-15-40-95(87)110/h1-71,114-116H/b27-22+,33-23+,34-24+,84-32-,104-47-,105-48-. The second-order valence-corrected chi connectivity index (χ2v) is 32.9. The van der Waals surface area contributed by atoms with Gasteiger partial charge in [-0.15, -0.1) is 49.2 Å². The Bertz CT molecular complexity index is 7080. The van der Waals surface area contributed by atoms with E-state index < -0.39 is 10.8 Å². The van der Waals surface area contributed by atoms with E-state index in [2.05, 4.69) is 387 Å². The van der Waals surface area contributed by atoms with Gasteiger partial charge in [0.25, 0.3) is 0 Å². The van der Waals surface area contributed by atoms with E-state index >= 15 is 0 Å². The van der Waals surface area contributed by atoms with E-state index in [4.69, 9.17) is 42.9 Å². The van der Waals surface area contributed by atoms with Gasteiger partial charge in [-0.25, -0.2) is 4.98 Å². The molecule has 6 heteroatoms. The molecule has 0 atom stereocenters. The van der Waals surface area contributed by atoms with Gasteiger partial charge in [0.05, 0.1) is 21.9 Å². The number of hydrogen-bond acceptors (Lipinski definition) is 5. The minimum absolute atomic E-state index is 0.619. The van der Waals surface area contributed by atoms with E-state index in [9.17, 15) is 0 Å². The average Bonchev–Trinajstić information content (AvgIpc) is 1.51. The molecule has 2 aromatic heterocycles. The van der Waals surface area contributed by atoms with Crippen LogP contribution in [0.5, 0.6) is 0 Å². The lowest BCUT2D eigenvalue weighted by atomic mass is 9.52. The van der Waals surface area contributed by atoms with Gasteiger partial charge in [-0.2, -0.15) is 0 Å². The molecule has 0 fully saturated rings. The summed E-state index contributed by atoms with van der Waals surface area (Å²) in [4.78, 5) is 10.2. The van der Waals surface area contributed by atoms with Crippen LogP contribution in [0.4, 0.5) is 0 Å². The number of para-hydroxylation sites is 3. The first-order valence-corrected chi connectivity index (χ1v) is 41.9. The van der Waals surface area contributed by atoms with Crippen molar-refractivity contribution < 1.29 is 0 Å². The monoisotopic (exact) mass is 1560 g/mol. The van der Waals surface area contributed by atoms with Gasteiger partial charge in [-0.05, 0) is 240 Å². The molecule has 3 aliphatic rings. The molecule has 117 heavy (non-hydrogen) atoms. The van der Waals surface area contributed by atoms with Crippen LogP contribution in [0.15, 0.2) is 424 Å². The molecule has 552 valence electrons. The third-order valence-corrected chi connectivity index (χ3v) is 26.2. The number of thiol groups is 3. The van der Waals surface area contributed by atoms with Crippen molar-refractivity contribution in [1.29, 1.82) is 0 Å². The normalized spacial score (nSPS) is 13.8. The number of thiophene rings is 1. The number of aromatic nitrogens is 2. The van der Waals surface area contributed by atoms with Crippen molar-refractivity contribution in [3.8, 4) is 94.3 Å². The molecule has 2 spiro atoms. The van der Waals surface area contributed by atoms with E-state index in [-0.39, 0.29) is 0 Å². The SMILES string of the molecule is SC(=C\C=C\c1ccccc1)/C=C/C=C(\S)c1ccc(-c2c3ccc(-c4ccc(-c5nc6ccccc6n5-c5ccccc5)cc4)cc3c(-c3ccc(/C(S)=C/C=C/c4ccc(-c5ccccc5)s4)cc3)c3ccc(-c4ccc5c(c4)C4(c6ccccc6-c6ccccc64)c4ccccc4C54c5ccccc5-c5ccccc54)cc23)cc1. The molecule has 0 aliphatic heterocycles. The van der Waals surface area contributed by atoms with Crippen LogP contribution in [0.3, 0.4) is 0 Å². The molecule has 0 radical (unpaired) electrons. The number of hydrogen-bond donors (Lipinski definition) is 3. The van der Waals surface area contributed by atoms with Gasteiger partial charge in [0.15, 0.2) is 0 Å². The fourth-order valence-corrected chi connectivity index (χ4v) is 20.4. The van der Waals surface area contributed by atoms with Crippen LogP contribution in [-0.4, -0.2) is 9.55 Å². The van der Waals surface area contributed by atoms with Crippen molar-refractivity contribution in [2.45, 2.75) is 10.8 Å². The molecule has 0 saturated carbocycles. The van der Waals surface area contributed by atoms with Gasteiger partial charge in [-0.1, -0.05) is 346 Å². The Morgan fingerprint density at radius 3 is 1.31 bits per heavy atom. The van der Waals surface area contributed by atoms with Crippen LogP contribution >= 0.6 is 49.2 Å². The van der Waals surface area contributed by atoms with E-state index in [1.807, 2.05) is 48.6 Å². The number of imidazole rings is 1. The molecular formula is C111H74N2S4. The summed E-state index contributed by atoms with van der Waals surface area (Å²) in [6.45, 7) is 0. The molecule has 0 N–H and O–H groups in total. The quantitative estimate of drug-likeness (QED) is 0.0530. The fourth-order valence-electron chi connectivity index (χ4n) is 18.9. The lowest BCUT2D eigenvalue weighted by molar-refractivity contribution is 0.633. The molecule has 0 amide bonds. The van der Waals surface area contributed by atoms with Crippen LogP contribution in [0.1, 0.15) is 66.1 Å². The Labute approximate surface area is 702 Å². The molecule has 0 unspecified atom stereocenters. The predicted molar refractivity (Wildman–Crippen MR) is 506 cm³/mol. The lowest BCUT2D eigenvalue weighted by Crippen LogP contribution is -2.43. The number of rotatable bonds is 15. The maximum absolute atomic E-state index is 5.27. The maximum Gasteiger partial charge on any atom is 0.145 e. The van der Waals surface area contributed by atoms with Gasteiger partial charge in [0, 0.05) is 35.7 Å². The zero-order valence-corrected chi connectivity index (χ0v) is 67.1. The summed E-state index contributed by atoms with van der Waals surface area (Å²) in [5, 5.41) is 4.54. The summed E-state index contributed by atoms with van der Waals surface area (Å²) >= 11 is 16.9. The first-order chi connectivity index (χ1) is 57.8. The van der Waals surface area contributed by atoms with Crippen LogP contribution in [-0.2, 0) is 10.8 Å². The Morgan fingerprint density at radius 1 is 0.308 bits per heavy atom. The van der Waals surface area contributed by atoms with Gasteiger partial charge in [0.1, 0.15) is 5.82 Å². The Morgan fingerprint density at radius 2 is 0.735 bits per heavy atom. The fraction of sp³-hybridized carbons (Fsp3) is 0.0180. The van der Waals surface area contributed by atoms with E-state index in [1.165, 1.54) is 82.1 Å². The van der Waals surface area contributed by atoms with Crippen molar-refractivity contribution in [2.24, 2.45) is 0 Å². The summed E-state index contributed by atoms with van der Waals surface area (Å²) < 4.78 is 2.27. The Balaban J connectivity index is 0.761. The zero-order chi connectivity index (χ0) is 78.1. The first kappa shape index (κ1) is 71.5. The zero-order valence-electron chi connectivity index (χ0n) is 63.6. The van der Waals surface area contributed by atoms with Crippen LogP contribution in [0.25, 0.3) is 149 Å². The highest BCUT2D eigenvalue weighted by Crippen LogP contribution is 2.68. The summed E-state index contributed by atoms with van der Waals surface area (Å²) in [6.07, 6.45) is 18.5. The van der Waals surface area contributed by atoms with Gasteiger partial charge < -0.3 is 0 Å². The molecule has 0 saturated heterocycles. The molecule has 2 heterocycles. The number of nitrogens with zero attached hydrogens (tertiary/aromatic N) is 2. The van der Waals surface area contributed by atoms with Gasteiger partial charge >= 0.3 is 0 Å². The average molecular weight is 1560 g/mol. The van der Waals surface area contributed by atoms with Gasteiger partial charge in [-0.3, -0.25) is 4.57 Å². The minimum Gasteiger partial charge on any atom is -0.292 e. The molecule has 3 aliphatic carbocycles. The van der Waals surface area contributed by atoms with Crippen molar-refractivity contribution in [3.63, 3.8) is 0 Å². The van der Waals surface area contributed by atoms with Crippen molar-refractivity contribution in [1.82, 2.24) is 9.55 Å².